The lowest BCUT2D eigenvalue weighted by Gasteiger charge is -2.12. The number of phenols is 1. The Morgan fingerprint density at radius 2 is 2.11 bits per heavy atom. The summed E-state index contributed by atoms with van der Waals surface area (Å²) < 4.78 is 4.41. The van der Waals surface area contributed by atoms with Gasteiger partial charge in [-0.3, -0.25) is 14.9 Å². The number of benzene rings is 1. The van der Waals surface area contributed by atoms with Crippen LogP contribution in [0.25, 0.3) is 0 Å². The molecule has 0 aliphatic rings. The lowest BCUT2D eigenvalue weighted by Crippen LogP contribution is -2.22. The molecule has 0 aliphatic carbocycles. The second-order valence-electron chi connectivity index (χ2n) is 3.43. The normalized spacial score (nSPS) is 11.3. The van der Waals surface area contributed by atoms with Crippen LogP contribution in [0.15, 0.2) is 12.1 Å². The largest absolute Gasteiger partial charge is 0.502 e. The minimum atomic E-state index is -1.25. The molecule has 1 aromatic rings. The van der Waals surface area contributed by atoms with Crippen LogP contribution in [0.5, 0.6) is 5.75 Å². The Morgan fingerprint density at radius 3 is 2.56 bits per heavy atom. The van der Waals surface area contributed by atoms with Crippen LogP contribution in [0, 0.1) is 17.0 Å². The fraction of sp³-hybridized carbons (Fsp3) is 0.300. The summed E-state index contributed by atoms with van der Waals surface area (Å²) in [6, 6.07) is 1.52. The number of ether oxygens (including phenoxy) is 1. The maximum Gasteiger partial charge on any atom is 0.327 e. The van der Waals surface area contributed by atoms with Crippen LogP contribution in [0.4, 0.5) is 5.69 Å². The van der Waals surface area contributed by atoms with E-state index in [0.717, 1.165) is 7.11 Å². The zero-order valence-electron chi connectivity index (χ0n) is 9.75. The van der Waals surface area contributed by atoms with Crippen molar-refractivity contribution in [1.82, 2.24) is 0 Å². The summed E-state index contributed by atoms with van der Waals surface area (Å²) in [6.45, 7) is 1.48. The smallest absolute Gasteiger partial charge is 0.327 e. The Hall–Kier alpha value is -1.86. The Labute approximate surface area is 109 Å². The van der Waals surface area contributed by atoms with Crippen LogP contribution in [-0.4, -0.2) is 23.1 Å². The number of aryl methyl sites for hydroxylation is 1. The molecule has 1 atom stereocenters. The average molecular weight is 277 g/mol. The first-order valence-corrected chi connectivity index (χ1v) is 4.70. The second kappa shape index (κ2) is 6.18. The van der Waals surface area contributed by atoms with Crippen molar-refractivity contribution in [3.05, 3.63) is 33.4 Å². The Kier molecular flexibility index (Phi) is 5.54. The van der Waals surface area contributed by atoms with Crippen molar-refractivity contribution in [2.75, 3.05) is 7.11 Å². The van der Waals surface area contributed by atoms with Crippen molar-refractivity contribution in [3.8, 4) is 5.75 Å². The van der Waals surface area contributed by atoms with Gasteiger partial charge in [-0.15, -0.1) is 12.4 Å². The zero-order chi connectivity index (χ0) is 13.2. The van der Waals surface area contributed by atoms with Gasteiger partial charge < -0.3 is 15.6 Å². The minimum absolute atomic E-state index is 0. The molecule has 0 unspecified atom stereocenters. The SMILES string of the molecule is COC(=O)[C@H](N)c1ccc(C)c([N+](=O)[O-])c1O.Cl. The van der Waals surface area contributed by atoms with Gasteiger partial charge in [-0.05, 0) is 6.92 Å². The Bertz CT molecular complexity index is 478. The number of nitro groups is 1. The molecule has 0 amide bonds. The van der Waals surface area contributed by atoms with Crippen LogP contribution in [0.3, 0.4) is 0 Å². The van der Waals surface area contributed by atoms with E-state index in [2.05, 4.69) is 4.74 Å². The van der Waals surface area contributed by atoms with Gasteiger partial charge in [0.2, 0.25) is 0 Å². The molecule has 1 rings (SSSR count). The van der Waals surface area contributed by atoms with Crippen molar-refractivity contribution in [3.63, 3.8) is 0 Å². The topological polar surface area (TPSA) is 116 Å². The van der Waals surface area contributed by atoms with E-state index in [1.54, 1.807) is 0 Å². The van der Waals surface area contributed by atoms with E-state index in [-0.39, 0.29) is 23.5 Å². The molecular weight excluding hydrogens is 264 g/mol. The fourth-order valence-corrected chi connectivity index (χ4v) is 1.43. The number of nitro benzene ring substituents is 1. The van der Waals surface area contributed by atoms with Crippen molar-refractivity contribution in [1.29, 1.82) is 0 Å². The highest BCUT2D eigenvalue weighted by Crippen LogP contribution is 2.35. The number of esters is 1. The monoisotopic (exact) mass is 276 g/mol. The number of aromatic hydroxyl groups is 1. The molecule has 0 saturated carbocycles. The molecule has 0 aliphatic heterocycles. The van der Waals surface area contributed by atoms with Crippen LogP contribution < -0.4 is 5.73 Å². The summed E-state index contributed by atoms with van der Waals surface area (Å²) in [5, 5.41) is 20.5. The molecule has 0 fully saturated rings. The lowest BCUT2D eigenvalue weighted by atomic mass is 10.0. The Balaban J connectivity index is 0.00000289. The number of nitrogens with zero attached hydrogens (tertiary/aromatic N) is 1. The quantitative estimate of drug-likeness (QED) is 0.487. The molecule has 0 aromatic heterocycles. The van der Waals surface area contributed by atoms with Gasteiger partial charge in [-0.1, -0.05) is 12.1 Å². The number of carbonyl (C=O) groups is 1. The summed E-state index contributed by atoms with van der Waals surface area (Å²) in [6.07, 6.45) is 0. The number of hydrogen-bond acceptors (Lipinski definition) is 6. The van der Waals surface area contributed by atoms with E-state index < -0.39 is 28.4 Å². The van der Waals surface area contributed by atoms with E-state index in [4.69, 9.17) is 5.73 Å². The number of nitrogens with two attached hydrogens (primary N) is 1. The first-order chi connectivity index (χ1) is 7.90. The van der Waals surface area contributed by atoms with Gasteiger partial charge in [0, 0.05) is 11.1 Å². The fourth-order valence-electron chi connectivity index (χ4n) is 1.43. The van der Waals surface area contributed by atoms with Gasteiger partial charge in [0.05, 0.1) is 12.0 Å². The first kappa shape index (κ1) is 16.1. The highest BCUT2D eigenvalue weighted by atomic mass is 35.5. The summed E-state index contributed by atoms with van der Waals surface area (Å²) >= 11 is 0. The van der Waals surface area contributed by atoms with E-state index in [1.807, 2.05) is 0 Å². The maximum absolute atomic E-state index is 11.2. The molecule has 0 spiro atoms. The number of halogens is 1. The van der Waals surface area contributed by atoms with Crippen molar-refractivity contribution in [2.24, 2.45) is 5.73 Å². The summed E-state index contributed by atoms with van der Waals surface area (Å²) in [5.74, 6) is -1.38. The molecule has 1 aromatic carbocycles. The van der Waals surface area contributed by atoms with Gasteiger partial charge in [-0.25, -0.2) is 0 Å². The van der Waals surface area contributed by atoms with Crippen LogP contribution in [0.2, 0.25) is 0 Å². The second-order valence-corrected chi connectivity index (χ2v) is 3.43. The standard InChI is InChI=1S/C10H12N2O5.ClH/c1-5-3-4-6(7(11)10(14)17-2)9(13)8(5)12(15)16;/h3-4,7,13H,11H2,1-2H3;1H/t7-;/m1./s1. The third-order valence-electron chi connectivity index (χ3n) is 2.36. The summed E-state index contributed by atoms with van der Waals surface area (Å²) in [5.41, 5.74) is 5.31. The number of rotatable bonds is 3. The van der Waals surface area contributed by atoms with Crippen LogP contribution >= 0.6 is 12.4 Å². The third-order valence-corrected chi connectivity index (χ3v) is 2.36. The summed E-state index contributed by atoms with van der Waals surface area (Å²) in [4.78, 5) is 21.2. The number of hydrogen-bond donors (Lipinski definition) is 2. The third kappa shape index (κ3) is 2.88. The number of phenolic OH excluding ortho intramolecular Hbond substituents is 1. The van der Waals surface area contributed by atoms with E-state index in [9.17, 15) is 20.0 Å². The van der Waals surface area contributed by atoms with E-state index in [0.29, 0.717) is 0 Å². The van der Waals surface area contributed by atoms with E-state index in [1.165, 1.54) is 19.1 Å². The van der Waals surface area contributed by atoms with Crippen LogP contribution in [-0.2, 0) is 9.53 Å². The van der Waals surface area contributed by atoms with Gasteiger partial charge in [0.1, 0.15) is 6.04 Å². The van der Waals surface area contributed by atoms with Gasteiger partial charge in [-0.2, -0.15) is 0 Å². The maximum atomic E-state index is 11.2. The molecule has 8 heteroatoms. The molecular formula is C10H13ClN2O5. The molecule has 0 heterocycles. The highest BCUT2D eigenvalue weighted by molar-refractivity contribution is 5.85. The molecule has 3 N–H and O–H groups in total. The molecule has 0 bridgehead atoms. The van der Waals surface area contributed by atoms with Crippen LogP contribution in [0.1, 0.15) is 17.2 Å². The zero-order valence-corrected chi connectivity index (χ0v) is 10.6. The molecule has 0 saturated heterocycles. The average Bonchev–Trinajstić information content (AvgIpc) is 2.27. The Morgan fingerprint density at radius 1 is 1.56 bits per heavy atom. The van der Waals surface area contributed by atoms with Crippen molar-refractivity contribution in [2.45, 2.75) is 13.0 Å². The molecule has 100 valence electrons. The van der Waals surface area contributed by atoms with E-state index >= 15 is 0 Å². The molecule has 18 heavy (non-hydrogen) atoms. The molecule has 0 radical (unpaired) electrons. The van der Waals surface area contributed by atoms with Gasteiger partial charge in [0.25, 0.3) is 0 Å². The lowest BCUT2D eigenvalue weighted by molar-refractivity contribution is -0.386. The first-order valence-electron chi connectivity index (χ1n) is 4.70. The predicted molar refractivity (Wildman–Crippen MR) is 65.7 cm³/mol. The minimum Gasteiger partial charge on any atom is -0.502 e. The highest BCUT2D eigenvalue weighted by Gasteiger charge is 2.27. The predicted octanol–water partition coefficient (Wildman–Crippen LogP) is 1.20. The molecule has 7 nitrogen and oxygen atoms in total. The van der Waals surface area contributed by atoms with Gasteiger partial charge >= 0.3 is 11.7 Å². The summed E-state index contributed by atoms with van der Waals surface area (Å²) in [7, 11) is 1.14. The van der Waals surface area contributed by atoms with Crippen molar-refractivity contribution >= 4 is 24.1 Å². The number of carbonyl (C=O) groups excluding carboxylic acids is 1. The van der Waals surface area contributed by atoms with Crippen molar-refractivity contribution < 1.29 is 19.6 Å². The van der Waals surface area contributed by atoms with Gasteiger partial charge in [0.15, 0.2) is 5.75 Å². The number of methoxy groups -OCH3 is 1.